The molecular weight excluding hydrogens is 371 g/mol. The number of nitrogens with one attached hydrogen (secondary N) is 2. The normalized spacial score (nSPS) is 19.5. The fraction of sp³-hybridized carbons (Fsp3) is 0.300. The lowest BCUT2D eigenvalue weighted by atomic mass is 9.93. The number of rotatable bonds is 2. The van der Waals surface area contributed by atoms with E-state index in [1.54, 1.807) is 17.1 Å². The molecule has 2 aromatic carbocycles. The monoisotopic (exact) mass is 391 g/mol. The number of benzene rings is 2. The van der Waals surface area contributed by atoms with Gasteiger partial charge in [-0.3, -0.25) is 14.6 Å². The number of nitrogens with zero attached hydrogens (tertiary/aromatic N) is 1. The van der Waals surface area contributed by atoms with E-state index in [0.717, 1.165) is 16.7 Å². The number of hydrogen-bond donors (Lipinski definition) is 2. The largest absolute Gasteiger partial charge is 0.471 e. The predicted octanol–water partition coefficient (Wildman–Crippen LogP) is 3.57. The molecular formula is C20H20F3N3O2. The second kappa shape index (κ2) is 7.63. The smallest absolute Gasteiger partial charge is 0.318 e. The number of carbonyl (C=O) groups is 2. The van der Waals surface area contributed by atoms with Gasteiger partial charge in [-0.2, -0.15) is 13.2 Å². The van der Waals surface area contributed by atoms with E-state index in [2.05, 4.69) is 5.43 Å². The van der Waals surface area contributed by atoms with Gasteiger partial charge in [0.25, 0.3) is 0 Å². The minimum absolute atomic E-state index is 0.0461. The third kappa shape index (κ3) is 4.17. The lowest BCUT2D eigenvalue weighted by Gasteiger charge is -2.30. The summed E-state index contributed by atoms with van der Waals surface area (Å²) in [6, 6.07) is 13.5. The molecule has 0 spiro atoms. The summed E-state index contributed by atoms with van der Waals surface area (Å²) in [5.41, 5.74) is 6.13. The number of anilines is 1. The van der Waals surface area contributed by atoms with Crippen molar-refractivity contribution in [2.75, 3.05) is 5.32 Å². The maximum atomic E-state index is 12.4. The molecule has 0 aromatic heterocycles. The van der Waals surface area contributed by atoms with Crippen LogP contribution in [0.4, 0.5) is 18.9 Å². The Hall–Kier alpha value is -2.87. The third-order valence-electron chi connectivity index (χ3n) is 4.69. The molecule has 1 aliphatic rings. The van der Waals surface area contributed by atoms with Crippen LogP contribution in [0, 0.1) is 0 Å². The van der Waals surface area contributed by atoms with Gasteiger partial charge in [-0.1, -0.05) is 36.4 Å². The summed E-state index contributed by atoms with van der Waals surface area (Å²) < 4.78 is 37.2. The number of alkyl halides is 3. The van der Waals surface area contributed by atoms with Crippen LogP contribution in [0.3, 0.4) is 0 Å². The summed E-state index contributed by atoms with van der Waals surface area (Å²) in [4.78, 5) is 23.2. The molecule has 0 aliphatic carbocycles. The van der Waals surface area contributed by atoms with E-state index < -0.39 is 12.1 Å². The zero-order valence-electron chi connectivity index (χ0n) is 15.4. The first-order valence-corrected chi connectivity index (χ1v) is 8.78. The molecule has 0 fully saturated rings. The van der Waals surface area contributed by atoms with Crippen molar-refractivity contribution in [3.8, 4) is 0 Å². The van der Waals surface area contributed by atoms with Gasteiger partial charge < -0.3 is 5.32 Å². The second-order valence-electron chi connectivity index (χ2n) is 6.78. The summed E-state index contributed by atoms with van der Waals surface area (Å²) in [6.07, 6.45) is -4.27. The fourth-order valence-electron chi connectivity index (χ4n) is 3.36. The Balaban J connectivity index is 1.92. The molecule has 2 amide bonds. The lowest BCUT2D eigenvalue weighted by molar-refractivity contribution is -0.167. The van der Waals surface area contributed by atoms with Gasteiger partial charge in [0.05, 0.1) is 6.04 Å². The molecule has 5 nitrogen and oxygen atoms in total. The minimum atomic E-state index is -4.95. The van der Waals surface area contributed by atoms with Crippen LogP contribution < -0.4 is 10.7 Å². The molecule has 2 atom stereocenters. The van der Waals surface area contributed by atoms with Gasteiger partial charge in [-0.15, -0.1) is 0 Å². The van der Waals surface area contributed by atoms with Crippen LogP contribution in [-0.4, -0.2) is 29.0 Å². The predicted molar refractivity (Wildman–Crippen MR) is 98.2 cm³/mol. The van der Waals surface area contributed by atoms with Crippen molar-refractivity contribution in [1.82, 2.24) is 10.4 Å². The van der Waals surface area contributed by atoms with Crippen molar-refractivity contribution in [2.24, 2.45) is 0 Å². The Morgan fingerprint density at radius 3 is 2.36 bits per heavy atom. The first-order chi connectivity index (χ1) is 13.2. The highest BCUT2D eigenvalue weighted by Gasteiger charge is 2.38. The number of carbonyl (C=O) groups excluding carboxylic acids is 2. The zero-order valence-corrected chi connectivity index (χ0v) is 15.4. The summed E-state index contributed by atoms with van der Waals surface area (Å²) in [5.74, 6) is -2.14. The first kappa shape index (κ1) is 19.9. The Labute approximate surface area is 160 Å². The van der Waals surface area contributed by atoms with Crippen LogP contribution in [0.2, 0.25) is 0 Å². The van der Waals surface area contributed by atoms with Gasteiger partial charge in [0, 0.05) is 18.7 Å². The fourth-order valence-corrected chi connectivity index (χ4v) is 3.36. The van der Waals surface area contributed by atoms with E-state index in [0.29, 0.717) is 6.42 Å². The van der Waals surface area contributed by atoms with Crippen LogP contribution in [0.1, 0.15) is 36.6 Å². The van der Waals surface area contributed by atoms with Crippen molar-refractivity contribution in [3.63, 3.8) is 0 Å². The SMILES string of the molecule is CC(=O)N1NC(c2ccc(NC(=O)C(F)(F)F)cc2)c2ccccc2CC1C. The van der Waals surface area contributed by atoms with Crippen LogP contribution in [0.15, 0.2) is 48.5 Å². The molecule has 1 heterocycles. The molecule has 2 unspecified atom stereocenters. The van der Waals surface area contributed by atoms with Gasteiger partial charge >= 0.3 is 12.1 Å². The lowest BCUT2D eigenvalue weighted by Crippen LogP contribution is -2.48. The Morgan fingerprint density at radius 2 is 1.75 bits per heavy atom. The topological polar surface area (TPSA) is 61.4 Å². The van der Waals surface area contributed by atoms with E-state index in [9.17, 15) is 22.8 Å². The highest BCUT2D eigenvalue weighted by molar-refractivity contribution is 5.94. The van der Waals surface area contributed by atoms with Gasteiger partial charge in [-0.05, 0) is 42.2 Å². The summed E-state index contributed by atoms with van der Waals surface area (Å²) in [6.45, 7) is 3.43. The van der Waals surface area contributed by atoms with Crippen molar-refractivity contribution >= 4 is 17.5 Å². The quantitative estimate of drug-likeness (QED) is 0.823. The molecule has 148 valence electrons. The number of amides is 2. The second-order valence-corrected chi connectivity index (χ2v) is 6.78. The van der Waals surface area contributed by atoms with E-state index in [4.69, 9.17) is 0 Å². The van der Waals surface area contributed by atoms with Crippen LogP contribution in [0.5, 0.6) is 0 Å². The molecule has 3 rings (SSSR count). The maximum Gasteiger partial charge on any atom is 0.471 e. The van der Waals surface area contributed by atoms with Gasteiger partial charge in [0.2, 0.25) is 5.91 Å². The van der Waals surface area contributed by atoms with Crippen LogP contribution in [-0.2, 0) is 16.0 Å². The van der Waals surface area contributed by atoms with Gasteiger partial charge in [0.15, 0.2) is 0 Å². The van der Waals surface area contributed by atoms with Crippen molar-refractivity contribution in [2.45, 2.75) is 38.5 Å². The Bertz CT molecular complexity index is 881. The highest BCUT2D eigenvalue weighted by Crippen LogP contribution is 2.31. The van der Waals surface area contributed by atoms with Crippen molar-refractivity contribution in [3.05, 3.63) is 65.2 Å². The molecule has 2 N–H and O–H groups in total. The first-order valence-electron chi connectivity index (χ1n) is 8.78. The Morgan fingerprint density at radius 1 is 1.11 bits per heavy atom. The average Bonchev–Trinajstić information content (AvgIpc) is 2.77. The van der Waals surface area contributed by atoms with E-state index in [1.807, 2.05) is 36.5 Å². The molecule has 1 aliphatic heterocycles. The summed E-state index contributed by atoms with van der Waals surface area (Å²) in [5, 5.41) is 3.40. The minimum Gasteiger partial charge on any atom is -0.318 e. The molecule has 8 heteroatoms. The van der Waals surface area contributed by atoms with Crippen molar-refractivity contribution in [1.29, 1.82) is 0 Å². The summed E-state index contributed by atoms with van der Waals surface area (Å²) >= 11 is 0. The molecule has 2 aromatic rings. The standard InChI is InChI=1S/C20H20F3N3O2/c1-12-11-15-5-3-4-6-17(15)18(25-26(12)13(2)27)14-7-9-16(10-8-14)24-19(28)20(21,22)23/h3-10,12,18,25H,11H2,1-2H3,(H,24,28). The Kier molecular flexibility index (Phi) is 5.42. The molecule has 0 saturated carbocycles. The molecule has 0 bridgehead atoms. The van der Waals surface area contributed by atoms with E-state index >= 15 is 0 Å². The molecule has 28 heavy (non-hydrogen) atoms. The maximum absolute atomic E-state index is 12.4. The number of halogens is 3. The highest BCUT2D eigenvalue weighted by atomic mass is 19.4. The van der Waals surface area contributed by atoms with Gasteiger partial charge in [-0.25, -0.2) is 5.43 Å². The number of hydrogen-bond acceptors (Lipinski definition) is 3. The van der Waals surface area contributed by atoms with E-state index in [-0.39, 0.29) is 23.7 Å². The van der Waals surface area contributed by atoms with Crippen LogP contribution in [0.25, 0.3) is 0 Å². The molecule has 0 saturated heterocycles. The third-order valence-corrected chi connectivity index (χ3v) is 4.69. The number of fused-ring (bicyclic) bond motifs is 1. The number of hydrazine groups is 1. The van der Waals surface area contributed by atoms with E-state index in [1.165, 1.54) is 19.1 Å². The summed E-state index contributed by atoms with van der Waals surface area (Å²) in [7, 11) is 0. The zero-order chi connectivity index (χ0) is 20.5. The van der Waals surface area contributed by atoms with Crippen LogP contribution >= 0.6 is 0 Å². The van der Waals surface area contributed by atoms with Gasteiger partial charge in [0.1, 0.15) is 0 Å². The van der Waals surface area contributed by atoms with Crippen molar-refractivity contribution < 1.29 is 22.8 Å². The average molecular weight is 391 g/mol. The molecule has 0 radical (unpaired) electrons.